The molecule has 1 aliphatic heterocycles. The van der Waals surface area contributed by atoms with E-state index in [9.17, 15) is 9.18 Å². The Morgan fingerprint density at radius 1 is 1.16 bits per heavy atom. The maximum atomic E-state index is 13.7. The van der Waals surface area contributed by atoms with Crippen molar-refractivity contribution in [2.24, 2.45) is 0 Å². The van der Waals surface area contributed by atoms with E-state index >= 15 is 0 Å². The molecule has 10 heteroatoms. The van der Waals surface area contributed by atoms with E-state index in [2.05, 4.69) is 4.98 Å². The van der Waals surface area contributed by atoms with Crippen LogP contribution in [0.1, 0.15) is 19.5 Å². The van der Waals surface area contributed by atoms with Crippen molar-refractivity contribution < 1.29 is 18.6 Å². The maximum absolute atomic E-state index is 13.7. The van der Waals surface area contributed by atoms with Crippen molar-refractivity contribution in [3.8, 4) is 11.6 Å². The van der Waals surface area contributed by atoms with Gasteiger partial charge in [0, 0.05) is 25.6 Å². The van der Waals surface area contributed by atoms with E-state index < -0.39 is 11.6 Å². The number of nitrogens with zero attached hydrogens (tertiary/aromatic N) is 2. The Balaban J connectivity index is 1.89. The number of hydrogen-bond acceptors (Lipinski definition) is 5. The first-order valence-electron chi connectivity index (χ1n) is 9.12. The van der Waals surface area contributed by atoms with E-state index in [-0.39, 0.29) is 49.6 Å². The number of hydrogen-bond donors (Lipinski definition) is 0. The minimum atomic E-state index is -0.798. The van der Waals surface area contributed by atoms with Crippen molar-refractivity contribution in [1.29, 1.82) is 0 Å². The van der Waals surface area contributed by atoms with Crippen LogP contribution in [0.5, 0.6) is 5.88 Å². The van der Waals surface area contributed by atoms with Gasteiger partial charge in [-0.1, -0.05) is 34.8 Å². The SMILES string of the molecule is Cc1cc(=O)c2c(OCC3=COC(C)(C)O3)ncc(Cl)c2n1-c1c(Cl)cc(F)cc1Cl. The maximum Gasteiger partial charge on any atom is 0.244 e. The lowest BCUT2D eigenvalue weighted by molar-refractivity contribution is -0.119. The normalized spacial score (nSPS) is 14.9. The molecule has 0 amide bonds. The molecule has 3 heterocycles. The average molecular weight is 486 g/mol. The van der Waals surface area contributed by atoms with E-state index in [1.54, 1.807) is 25.3 Å². The first kappa shape index (κ1) is 21.7. The molecule has 1 aliphatic rings. The van der Waals surface area contributed by atoms with Gasteiger partial charge in [-0.3, -0.25) is 4.79 Å². The minimum absolute atomic E-state index is 0.0153. The van der Waals surface area contributed by atoms with Gasteiger partial charge in [0.05, 0.1) is 32.5 Å². The van der Waals surface area contributed by atoms with E-state index in [1.165, 1.54) is 18.5 Å². The van der Waals surface area contributed by atoms with Crippen LogP contribution in [0.25, 0.3) is 16.6 Å². The second-order valence-electron chi connectivity index (χ2n) is 7.33. The lowest BCUT2D eigenvalue weighted by Crippen LogP contribution is -2.21. The van der Waals surface area contributed by atoms with Crippen LogP contribution in [0.4, 0.5) is 4.39 Å². The molecule has 3 aromatic rings. The highest BCUT2D eigenvalue weighted by molar-refractivity contribution is 6.38. The first-order valence-corrected chi connectivity index (χ1v) is 10.3. The molecule has 162 valence electrons. The first-order chi connectivity index (χ1) is 14.6. The predicted molar refractivity (Wildman–Crippen MR) is 117 cm³/mol. The van der Waals surface area contributed by atoms with E-state index in [4.69, 9.17) is 49.0 Å². The second-order valence-corrected chi connectivity index (χ2v) is 8.55. The molecule has 1 aromatic carbocycles. The number of aromatic nitrogens is 2. The molecule has 0 fully saturated rings. The Labute approximate surface area is 191 Å². The third-order valence-corrected chi connectivity index (χ3v) is 5.40. The van der Waals surface area contributed by atoms with Gasteiger partial charge in [-0.25, -0.2) is 9.37 Å². The van der Waals surface area contributed by atoms with Crippen LogP contribution in [-0.2, 0) is 9.47 Å². The average Bonchev–Trinajstić information content (AvgIpc) is 3.01. The zero-order chi connectivity index (χ0) is 22.5. The summed E-state index contributed by atoms with van der Waals surface area (Å²) in [6.45, 7) is 5.18. The van der Waals surface area contributed by atoms with E-state index in [0.29, 0.717) is 11.5 Å². The molecule has 0 unspecified atom stereocenters. The number of aryl methyl sites for hydroxylation is 1. The number of rotatable bonds is 4. The third kappa shape index (κ3) is 4.05. The standard InChI is InChI=1S/C21H16Cl3FN2O4/c1-10-4-16(28)17-19(27(10)18-13(22)5-11(25)6-14(18)23)15(24)7-26-20(17)29-8-12-9-30-21(2,3)31-12/h4-7,9H,8H2,1-3H3. The van der Waals surface area contributed by atoms with Crippen LogP contribution < -0.4 is 10.2 Å². The van der Waals surface area contributed by atoms with Crippen molar-refractivity contribution in [2.75, 3.05) is 6.61 Å². The summed E-state index contributed by atoms with van der Waals surface area (Å²) in [5, 5.41) is 0.392. The molecule has 0 spiro atoms. The zero-order valence-electron chi connectivity index (χ0n) is 16.6. The Hall–Kier alpha value is -2.48. The summed E-state index contributed by atoms with van der Waals surface area (Å²) in [6, 6.07) is 3.63. The van der Waals surface area contributed by atoms with Gasteiger partial charge in [0.2, 0.25) is 11.7 Å². The Kier molecular flexibility index (Phi) is 5.54. The van der Waals surface area contributed by atoms with E-state index in [1.807, 2.05) is 0 Å². The number of benzene rings is 1. The number of halogens is 4. The monoisotopic (exact) mass is 484 g/mol. The summed E-state index contributed by atoms with van der Waals surface area (Å²) in [6.07, 6.45) is 2.79. The Morgan fingerprint density at radius 2 is 1.84 bits per heavy atom. The summed E-state index contributed by atoms with van der Waals surface area (Å²) >= 11 is 19.0. The largest absolute Gasteiger partial charge is 0.469 e. The lowest BCUT2D eigenvalue weighted by atomic mass is 10.2. The summed E-state index contributed by atoms with van der Waals surface area (Å²) in [4.78, 5) is 17.1. The van der Waals surface area contributed by atoms with E-state index in [0.717, 1.165) is 12.1 Å². The second kappa shape index (κ2) is 7.89. The predicted octanol–water partition coefficient (Wildman–Crippen LogP) is 5.80. The fourth-order valence-corrected chi connectivity index (χ4v) is 4.18. The quantitative estimate of drug-likeness (QED) is 0.468. The fraction of sp³-hybridized carbons (Fsp3) is 0.238. The molecule has 0 bridgehead atoms. The topological polar surface area (TPSA) is 62.6 Å². The number of fused-ring (bicyclic) bond motifs is 1. The molecule has 0 saturated heterocycles. The van der Waals surface area contributed by atoms with Crippen LogP contribution in [-0.4, -0.2) is 21.9 Å². The highest BCUT2D eigenvalue weighted by atomic mass is 35.5. The molecule has 0 N–H and O–H groups in total. The molecular weight excluding hydrogens is 470 g/mol. The van der Waals surface area contributed by atoms with Crippen molar-refractivity contribution in [3.63, 3.8) is 0 Å². The molecule has 2 aromatic heterocycles. The molecule has 6 nitrogen and oxygen atoms in total. The Morgan fingerprint density at radius 3 is 2.45 bits per heavy atom. The highest BCUT2D eigenvalue weighted by Crippen LogP contribution is 2.36. The number of ether oxygens (including phenoxy) is 3. The van der Waals surface area contributed by atoms with Crippen LogP contribution in [0, 0.1) is 12.7 Å². The molecular formula is C21H16Cl3FN2O4. The number of pyridine rings is 2. The Bertz CT molecular complexity index is 1280. The van der Waals surface area contributed by atoms with Crippen molar-refractivity contribution in [3.05, 3.63) is 73.2 Å². The summed E-state index contributed by atoms with van der Waals surface area (Å²) in [7, 11) is 0. The van der Waals surface area contributed by atoms with Crippen LogP contribution in [0.3, 0.4) is 0 Å². The summed E-state index contributed by atoms with van der Waals surface area (Å²) in [5.74, 6) is -0.907. The van der Waals surface area contributed by atoms with Gasteiger partial charge in [0.25, 0.3) is 0 Å². The van der Waals surface area contributed by atoms with Gasteiger partial charge >= 0.3 is 0 Å². The van der Waals surface area contributed by atoms with Crippen LogP contribution in [0.2, 0.25) is 15.1 Å². The van der Waals surface area contributed by atoms with Gasteiger partial charge in [-0.15, -0.1) is 0 Å². The van der Waals surface area contributed by atoms with Gasteiger partial charge in [-0.2, -0.15) is 0 Å². The van der Waals surface area contributed by atoms with Crippen molar-refractivity contribution in [1.82, 2.24) is 9.55 Å². The summed E-state index contributed by atoms with van der Waals surface area (Å²) < 4.78 is 32.0. The minimum Gasteiger partial charge on any atom is -0.469 e. The van der Waals surface area contributed by atoms with Crippen LogP contribution >= 0.6 is 34.8 Å². The van der Waals surface area contributed by atoms with Crippen molar-refractivity contribution >= 4 is 45.7 Å². The van der Waals surface area contributed by atoms with Crippen molar-refractivity contribution in [2.45, 2.75) is 26.6 Å². The van der Waals surface area contributed by atoms with Gasteiger partial charge in [0.1, 0.15) is 17.5 Å². The highest BCUT2D eigenvalue weighted by Gasteiger charge is 2.28. The molecule has 0 saturated carbocycles. The fourth-order valence-electron chi connectivity index (χ4n) is 3.33. The third-order valence-electron chi connectivity index (χ3n) is 4.54. The molecule has 0 aliphatic carbocycles. The molecule has 0 radical (unpaired) electrons. The smallest absolute Gasteiger partial charge is 0.244 e. The molecule has 31 heavy (non-hydrogen) atoms. The molecule has 4 rings (SSSR count). The van der Waals surface area contributed by atoms with Gasteiger partial charge in [0.15, 0.2) is 17.8 Å². The van der Waals surface area contributed by atoms with Gasteiger partial charge < -0.3 is 18.8 Å². The van der Waals surface area contributed by atoms with Gasteiger partial charge in [-0.05, 0) is 19.1 Å². The lowest BCUT2D eigenvalue weighted by Gasteiger charge is -2.20. The zero-order valence-corrected chi connectivity index (χ0v) is 18.9. The molecule has 0 atom stereocenters. The van der Waals surface area contributed by atoms with Crippen LogP contribution in [0.15, 0.2) is 41.2 Å². The summed E-state index contributed by atoms with van der Waals surface area (Å²) in [5.41, 5.74) is 0.693.